The maximum atomic E-state index is 11.9. The predicted octanol–water partition coefficient (Wildman–Crippen LogP) is 1.16. The number of carbonyl (C=O) groups is 1. The Morgan fingerprint density at radius 3 is 2.14 bits per heavy atom. The highest BCUT2D eigenvalue weighted by Gasteiger charge is 2.20. The van der Waals surface area contributed by atoms with Crippen molar-refractivity contribution in [1.82, 2.24) is 19.6 Å². The van der Waals surface area contributed by atoms with E-state index in [1.165, 1.54) is 0 Å². The highest BCUT2D eigenvalue weighted by Crippen LogP contribution is 2.05. The number of rotatable bonds is 9. The Morgan fingerprint density at radius 2 is 1.62 bits per heavy atom. The van der Waals surface area contributed by atoms with Gasteiger partial charge in [-0.1, -0.05) is 20.8 Å². The maximum absolute atomic E-state index is 11.9. The van der Waals surface area contributed by atoms with Gasteiger partial charge >= 0.3 is 0 Å². The van der Waals surface area contributed by atoms with Gasteiger partial charge in [-0.15, -0.1) is 0 Å². The molecule has 0 N–H and O–H groups in total. The molecule has 0 saturated carbocycles. The van der Waals surface area contributed by atoms with Gasteiger partial charge in [-0.25, -0.2) is 0 Å². The van der Waals surface area contributed by atoms with Gasteiger partial charge in [-0.05, 0) is 26.6 Å². The van der Waals surface area contributed by atoms with E-state index in [-0.39, 0.29) is 0 Å². The minimum absolute atomic E-state index is 0.326. The lowest BCUT2D eigenvalue weighted by atomic mass is 10.2. The van der Waals surface area contributed by atoms with Gasteiger partial charge < -0.3 is 9.80 Å². The normalized spacial score (nSPS) is 17.0. The molecule has 0 aromatic rings. The van der Waals surface area contributed by atoms with E-state index in [2.05, 4.69) is 42.5 Å². The van der Waals surface area contributed by atoms with Gasteiger partial charge in [0, 0.05) is 45.7 Å². The summed E-state index contributed by atoms with van der Waals surface area (Å²) in [7, 11) is 2.19. The van der Waals surface area contributed by atoms with Crippen LogP contribution >= 0.6 is 0 Å². The van der Waals surface area contributed by atoms with Gasteiger partial charge in [-0.3, -0.25) is 14.6 Å². The number of hydrogen-bond donors (Lipinski definition) is 0. The monoisotopic (exact) mass is 298 g/mol. The Bertz CT molecular complexity index is 286. The van der Waals surface area contributed by atoms with E-state index in [0.717, 1.165) is 65.4 Å². The minimum Gasteiger partial charge on any atom is -0.340 e. The van der Waals surface area contributed by atoms with Crippen molar-refractivity contribution >= 4 is 5.91 Å². The van der Waals surface area contributed by atoms with Crippen molar-refractivity contribution in [2.24, 2.45) is 0 Å². The molecule has 5 nitrogen and oxygen atoms in total. The molecule has 1 saturated heterocycles. The molecule has 0 aromatic heterocycles. The average Bonchev–Trinajstić information content (AvgIpc) is 2.49. The summed E-state index contributed by atoms with van der Waals surface area (Å²) in [5.74, 6) is 0.326. The van der Waals surface area contributed by atoms with Crippen LogP contribution in [0.25, 0.3) is 0 Å². The van der Waals surface area contributed by atoms with E-state index < -0.39 is 0 Å². The fourth-order valence-corrected chi connectivity index (χ4v) is 2.77. The van der Waals surface area contributed by atoms with E-state index in [1.807, 2.05) is 4.90 Å². The minimum atomic E-state index is 0.326. The van der Waals surface area contributed by atoms with Gasteiger partial charge in [0.05, 0.1) is 6.67 Å². The Hall–Kier alpha value is -0.650. The van der Waals surface area contributed by atoms with E-state index in [0.29, 0.717) is 12.3 Å². The number of likely N-dealkylation sites (N-methyl/N-ethyl adjacent to an activating group) is 2. The van der Waals surface area contributed by atoms with E-state index in [1.54, 1.807) is 0 Å². The number of piperazine rings is 1. The van der Waals surface area contributed by atoms with E-state index >= 15 is 0 Å². The van der Waals surface area contributed by atoms with Gasteiger partial charge in [0.25, 0.3) is 0 Å². The van der Waals surface area contributed by atoms with Crippen LogP contribution in [0.4, 0.5) is 0 Å². The third-order valence-electron chi connectivity index (χ3n) is 4.32. The molecular formula is C16H34N4O. The smallest absolute Gasteiger partial charge is 0.222 e. The zero-order chi connectivity index (χ0) is 15.7. The summed E-state index contributed by atoms with van der Waals surface area (Å²) >= 11 is 0. The summed E-state index contributed by atoms with van der Waals surface area (Å²) in [6, 6.07) is 0. The molecule has 1 aliphatic heterocycles. The second-order valence-electron chi connectivity index (χ2n) is 6.00. The fraction of sp³-hybridized carbons (Fsp3) is 0.938. The molecule has 0 radical (unpaired) electrons. The van der Waals surface area contributed by atoms with Crippen molar-refractivity contribution in [2.45, 2.75) is 33.6 Å². The molecule has 0 spiro atoms. The lowest BCUT2D eigenvalue weighted by Crippen LogP contribution is -2.51. The zero-order valence-corrected chi connectivity index (χ0v) is 14.5. The van der Waals surface area contributed by atoms with Crippen molar-refractivity contribution in [3.05, 3.63) is 0 Å². The van der Waals surface area contributed by atoms with Crippen molar-refractivity contribution in [3.8, 4) is 0 Å². The third kappa shape index (κ3) is 6.76. The predicted molar refractivity (Wildman–Crippen MR) is 88.3 cm³/mol. The molecule has 1 amide bonds. The molecule has 0 bridgehead atoms. The third-order valence-corrected chi connectivity index (χ3v) is 4.32. The fourth-order valence-electron chi connectivity index (χ4n) is 2.77. The molecule has 1 fully saturated rings. The summed E-state index contributed by atoms with van der Waals surface area (Å²) in [5.41, 5.74) is 0. The Kier molecular flexibility index (Phi) is 8.88. The first-order chi connectivity index (χ1) is 10.1. The van der Waals surface area contributed by atoms with Crippen molar-refractivity contribution < 1.29 is 4.79 Å². The molecular weight excluding hydrogens is 264 g/mol. The van der Waals surface area contributed by atoms with Crippen LogP contribution in [-0.4, -0.2) is 91.6 Å². The second kappa shape index (κ2) is 10.1. The molecule has 1 aliphatic rings. The first-order valence-corrected chi connectivity index (χ1v) is 8.51. The lowest BCUT2D eigenvalue weighted by Gasteiger charge is -2.37. The topological polar surface area (TPSA) is 30.0 Å². The largest absolute Gasteiger partial charge is 0.340 e. The van der Waals surface area contributed by atoms with Crippen LogP contribution in [0.5, 0.6) is 0 Å². The summed E-state index contributed by atoms with van der Waals surface area (Å²) in [6.07, 6.45) is 1.65. The number of carbonyl (C=O) groups excluding carboxylic acids is 1. The molecule has 1 rings (SSSR count). The first kappa shape index (κ1) is 18.4. The number of amides is 1. The molecule has 124 valence electrons. The maximum Gasteiger partial charge on any atom is 0.222 e. The van der Waals surface area contributed by atoms with Crippen molar-refractivity contribution in [2.75, 3.05) is 66.1 Å². The van der Waals surface area contributed by atoms with Gasteiger partial charge in [0.15, 0.2) is 0 Å². The quantitative estimate of drug-likeness (QED) is 0.639. The Labute approximate surface area is 130 Å². The van der Waals surface area contributed by atoms with E-state index in [4.69, 9.17) is 0 Å². The summed E-state index contributed by atoms with van der Waals surface area (Å²) in [6.45, 7) is 15.8. The first-order valence-electron chi connectivity index (χ1n) is 8.51. The van der Waals surface area contributed by atoms with Crippen LogP contribution in [0.2, 0.25) is 0 Å². The Balaban J connectivity index is 2.21. The summed E-state index contributed by atoms with van der Waals surface area (Å²) in [5, 5.41) is 0. The van der Waals surface area contributed by atoms with Crippen LogP contribution in [0.3, 0.4) is 0 Å². The highest BCUT2D eigenvalue weighted by molar-refractivity contribution is 5.76. The summed E-state index contributed by atoms with van der Waals surface area (Å²) < 4.78 is 0. The number of nitrogens with zero attached hydrogens (tertiary/aromatic N) is 4. The van der Waals surface area contributed by atoms with Crippen LogP contribution < -0.4 is 0 Å². The van der Waals surface area contributed by atoms with Crippen LogP contribution in [-0.2, 0) is 4.79 Å². The Morgan fingerprint density at radius 1 is 1.00 bits per heavy atom. The molecule has 1 heterocycles. The second-order valence-corrected chi connectivity index (χ2v) is 6.00. The molecule has 0 aliphatic carbocycles. The molecule has 0 aromatic carbocycles. The molecule has 0 unspecified atom stereocenters. The highest BCUT2D eigenvalue weighted by atomic mass is 16.2. The molecule has 5 heteroatoms. The van der Waals surface area contributed by atoms with E-state index in [9.17, 15) is 4.79 Å². The average molecular weight is 298 g/mol. The van der Waals surface area contributed by atoms with Crippen LogP contribution in [0, 0.1) is 0 Å². The van der Waals surface area contributed by atoms with Crippen molar-refractivity contribution in [1.29, 1.82) is 0 Å². The lowest BCUT2D eigenvalue weighted by molar-refractivity contribution is -0.133. The van der Waals surface area contributed by atoms with Gasteiger partial charge in [-0.2, -0.15) is 0 Å². The number of hydrogen-bond acceptors (Lipinski definition) is 4. The van der Waals surface area contributed by atoms with Crippen molar-refractivity contribution in [3.63, 3.8) is 0 Å². The zero-order valence-electron chi connectivity index (χ0n) is 14.5. The summed E-state index contributed by atoms with van der Waals surface area (Å²) in [4.78, 5) is 21.2. The molecule has 0 atom stereocenters. The van der Waals surface area contributed by atoms with Gasteiger partial charge in [0.2, 0.25) is 5.91 Å². The van der Waals surface area contributed by atoms with Gasteiger partial charge in [0.1, 0.15) is 0 Å². The van der Waals surface area contributed by atoms with Crippen LogP contribution in [0.1, 0.15) is 33.6 Å². The standard InChI is InChI=1S/C16H34N4O/c1-5-8-16(21)20-13-11-19(12-14-20)15-17(4)9-10-18(6-2)7-3/h5-15H2,1-4H3. The SMILES string of the molecule is CCCC(=O)N1CCN(CN(C)CCN(CC)CC)CC1. The van der Waals surface area contributed by atoms with Crippen LogP contribution in [0.15, 0.2) is 0 Å². The molecule has 21 heavy (non-hydrogen) atoms.